The molecule has 0 bridgehead atoms. The van der Waals surface area contributed by atoms with Crippen LogP contribution in [0, 0.1) is 5.82 Å². The minimum absolute atomic E-state index is 0.0399. The third-order valence-corrected chi connectivity index (χ3v) is 3.62. The quantitative estimate of drug-likeness (QED) is 0.824. The predicted molar refractivity (Wildman–Crippen MR) is 73.8 cm³/mol. The molecule has 5 nitrogen and oxygen atoms in total. The highest BCUT2D eigenvalue weighted by molar-refractivity contribution is 5.89. The smallest absolute Gasteiger partial charge is 0.376 e. The molecule has 2 rings (SSSR count). The average molecular weight is 333 g/mol. The molecule has 1 aromatic carbocycles. The van der Waals surface area contributed by atoms with Crippen LogP contribution in [0.4, 0.5) is 23.2 Å². The summed E-state index contributed by atoms with van der Waals surface area (Å²) in [6, 6.07) is 1.69. The maximum atomic E-state index is 13.2. The first-order chi connectivity index (χ1) is 10.7. The number of nitrogens with zero attached hydrogens (tertiary/aromatic N) is 1. The molecule has 23 heavy (non-hydrogen) atoms. The lowest BCUT2D eigenvalue weighted by molar-refractivity contribution is -0.140. The number of amides is 2. The van der Waals surface area contributed by atoms with Crippen molar-refractivity contribution >= 4 is 17.5 Å². The van der Waals surface area contributed by atoms with E-state index < -0.39 is 35.4 Å². The summed E-state index contributed by atoms with van der Waals surface area (Å²) >= 11 is 0. The van der Waals surface area contributed by atoms with Crippen molar-refractivity contribution in [1.29, 1.82) is 0 Å². The summed E-state index contributed by atoms with van der Waals surface area (Å²) in [6.45, 7) is 0.0536. The number of alkyl halides is 3. The van der Waals surface area contributed by atoms with E-state index in [0.717, 1.165) is 6.07 Å². The second-order valence-corrected chi connectivity index (χ2v) is 5.19. The maximum Gasteiger partial charge on any atom is 0.419 e. The molecule has 1 aromatic rings. The Bertz CT molecular complexity index is 619. The van der Waals surface area contributed by atoms with E-state index in [9.17, 15) is 27.2 Å². The highest BCUT2D eigenvalue weighted by Gasteiger charge is 2.35. The van der Waals surface area contributed by atoms with Gasteiger partial charge in [-0.1, -0.05) is 0 Å². The lowest BCUT2D eigenvalue weighted by atomic mass is 10.2. The van der Waals surface area contributed by atoms with Crippen molar-refractivity contribution in [2.24, 2.45) is 5.73 Å². The summed E-state index contributed by atoms with van der Waals surface area (Å²) < 4.78 is 51.0. The Hall–Kier alpha value is -2.32. The Morgan fingerprint density at radius 2 is 2.04 bits per heavy atom. The van der Waals surface area contributed by atoms with Gasteiger partial charge in [-0.2, -0.15) is 13.2 Å². The van der Waals surface area contributed by atoms with E-state index in [1.54, 1.807) is 0 Å². The second kappa shape index (κ2) is 6.43. The topological polar surface area (TPSA) is 75.4 Å². The number of halogens is 4. The molecule has 1 unspecified atom stereocenters. The molecule has 0 saturated carbocycles. The first-order valence-electron chi connectivity index (χ1n) is 6.89. The van der Waals surface area contributed by atoms with Crippen molar-refractivity contribution in [3.8, 4) is 0 Å². The van der Waals surface area contributed by atoms with E-state index >= 15 is 0 Å². The van der Waals surface area contributed by atoms with Crippen molar-refractivity contribution < 1.29 is 27.2 Å². The number of primary amides is 1. The molecule has 1 saturated heterocycles. The van der Waals surface area contributed by atoms with E-state index in [2.05, 4.69) is 5.32 Å². The summed E-state index contributed by atoms with van der Waals surface area (Å²) in [5.74, 6) is -2.45. The molecule has 1 aliphatic rings. The fourth-order valence-corrected chi connectivity index (χ4v) is 2.49. The molecular weight excluding hydrogens is 318 g/mol. The van der Waals surface area contributed by atoms with Crippen molar-refractivity contribution in [3.63, 3.8) is 0 Å². The van der Waals surface area contributed by atoms with E-state index in [0.29, 0.717) is 31.5 Å². The Labute approximate surface area is 129 Å². The van der Waals surface area contributed by atoms with Gasteiger partial charge in [-0.3, -0.25) is 9.59 Å². The van der Waals surface area contributed by atoms with E-state index in [4.69, 9.17) is 5.73 Å². The molecule has 1 heterocycles. The molecule has 0 spiro atoms. The molecule has 9 heteroatoms. The first kappa shape index (κ1) is 17.0. The van der Waals surface area contributed by atoms with Gasteiger partial charge in [0.15, 0.2) is 0 Å². The minimum Gasteiger partial charge on any atom is -0.376 e. The summed E-state index contributed by atoms with van der Waals surface area (Å²) in [6.07, 6.45) is -3.72. The molecule has 0 aliphatic carbocycles. The van der Waals surface area contributed by atoms with Crippen molar-refractivity contribution in [3.05, 3.63) is 29.6 Å². The highest BCUT2D eigenvalue weighted by Crippen LogP contribution is 2.33. The van der Waals surface area contributed by atoms with E-state index in [-0.39, 0.29) is 12.2 Å². The van der Waals surface area contributed by atoms with E-state index in [1.807, 2.05) is 0 Å². The number of rotatable bonds is 4. The number of hydrogen-bond donors (Lipinski definition) is 2. The SMILES string of the molecule is NC(=O)C1CCCN1C(=O)CNc1ccc(F)c(C(F)(F)F)c1. The molecule has 0 radical (unpaired) electrons. The lowest BCUT2D eigenvalue weighted by Gasteiger charge is -2.22. The Morgan fingerprint density at radius 3 is 2.65 bits per heavy atom. The Kier molecular flexibility index (Phi) is 4.76. The first-order valence-corrected chi connectivity index (χ1v) is 6.89. The third-order valence-electron chi connectivity index (χ3n) is 3.62. The standard InChI is InChI=1S/C14H15F4N3O2/c15-10-4-3-8(6-9(10)14(16,17)18)20-7-12(22)21-5-1-2-11(21)13(19)23/h3-4,6,11,20H,1-2,5,7H2,(H2,19,23). The molecule has 1 aliphatic heterocycles. The Balaban J connectivity index is 2.04. The molecular formula is C14H15F4N3O2. The molecule has 2 amide bonds. The van der Waals surface area contributed by atoms with E-state index in [1.165, 1.54) is 4.90 Å². The van der Waals surface area contributed by atoms with Crippen LogP contribution in [-0.2, 0) is 15.8 Å². The van der Waals surface area contributed by atoms with Gasteiger partial charge in [0, 0.05) is 12.2 Å². The van der Waals surface area contributed by atoms with Crippen LogP contribution in [0.5, 0.6) is 0 Å². The molecule has 1 fully saturated rings. The third kappa shape index (κ3) is 3.91. The van der Waals surface area contributed by atoms with Gasteiger partial charge in [-0.25, -0.2) is 4.39 Å². The van der Waals surface area contributed by atoms with Crippen LogP contribution in [0.1, 0.15) is 18.4 Å². The van der Waals surface area contributed by atoms with Gasteiger partial charge >= 0.3 is 6.18 Å². The number of nitrogens with two attached hydrogens (primary N) is 1. The minimum atomic E-state index is -4.82. The summed E-state index contributed by atoms with van der Waals surface area (Å²) in [5.41, 5.74) is 3.75. The Morgan fingerprint density at radius 1 is 1.35 bits per heavy atom. The number of likely N-dealkylation sites (tertiary alicyclic amines) is 1. The van der Waals surface area contributed by atoms with Gasteiger partial charge in [-0.05, 0) is 31.0 Å². The summed E-state index contributed by atoms with van der Waals surface area (Å²) in [5, 5.41) is 2.51. The van der Waals surface area contributed by atoms with Crippen molar-refractivity contribution in [1.82, 2.24) is 4.90 Å². The van der Waals surface area contributed by atoms with Crippen molar-refractivity contribution in [2.75, 3.05) is 18.4 Å². The van der Waals surface area contributed by atoms with Gasteiger partial charge in [0.25, 0.3) is 0 Å². The van der Waals surface area contributed by atoms with Crippen LogP contribution in [0.3, 0.4) is 0 Å². The van der Waals surface area contributed by atoms with Gasteiger partial charge in [-0.15, -0.1) is 0 Å². The number of nitrogens with one attached hydrogen (secondary N) is 1. The summed E-state index contributed by atoms with van der Waals surface area (Å²) in [7, 11) is 0. The fraction of sp³-hybridized carbons (Fsp3) is 0.429. The molecule has 126 valence electrons. The van der Waals surface area contributed by atoms with Crippen LogP contribution in [0.2, 0.25) is 0 Å². The maximum absolute atomic E-state index is 13.2. The zero-order chi connectivity index (χ0) is 17.2. The predicted octanol–water partition coefficient (Wildman–Crippen LogP) is 1.73. The van der Waals surface area contributed by atoms with Crippen LogP contribution in [0.15, 0.2) is 18.2 Å². The fourth-order valence-electron chi connectivity index (χ4n) is 2.49. The van der Waals surface area contributed by atoms with Crippen LogP contribution in [0.25, 0.3) is 0 Å². The lowest BCUT2D eigenvalue weighted by Crippen LogP contribution is -2.45. The van der Waals surface area contributed by atoms with Crippen molar-refractivity contribution in [2.45, 2.75) is 25.1 Å². The van der Waals surface area contributed by atoms with Crippen LogP contribution >= 0.6 is 0 Å². The zero-order valence-corrected chi connectivity index (χ0v) is 12.0. The largest absolute Gasteiger partial charge is 0.419 e. The second-order valence-electron chi connectivity index (χ2n) is 5.19. The average Bonchev–Trinajstić information content (AvgIpc) is 2.94. The zero-order valence-electron chi connectivity index (χ0n) is 12.0. The number of anilines is 1. The van der Waals surface area contributed by atoms with Gasteiger partial charge in [0.1, 0.15) is 11.9 Å². The highest BCUT2D eigenvalue weighted by atomic mass is 19.4. The molecule has 3 N–H and O–H groups in total. The number of hydrogen-bond acceptors (Lipinski definition) is 3. The van der Waals surface area contributed by atoms with Crippen LogP contribution in [-0.4, -0.2) is 35.8 Å². The number of carbonyl (C=O) groups excluding carboxylic acids is 2. The molecule has 0 aromatic heterocycles. The molecule has 1 atom stereocenters. The van der Waals surface area contributed by atoms with Gasteiger partial charge in [0.05, 0.1) is 12.1 Å². The van der Waals surface area contributed by atoms with Crippen LogP contribution < -0.4 is 11.1 Å². The monoisotopic (exact) mass is 333 g/mol. The number of benzene rings is 1. The normalized spacial score (nSPS) is 18.1. The number of carbonyl (C=O) groups is 2. The van der Waals surface area contributed by atoms with Gasteiger partial charge < -0.3 is 16.0 Å². The van der Waals surface area contributed by atoms with Gasteiger partial charge in [0.2, 0.25) is 11.8 Å². The summed E-state index contributed by atoms with van der Waals surface area (Å²) in [4.78, 5) is 24.6.